The maximum Gasteiger partial charge on any atom is 0.258 e. The first-order valence-electron chi connectivity index (χ1n) is 6.23. The zero-order valence-electron chi connectivity index (χ0n) is 11.2. The second-order valence-electron chi connectivity index (χ2n) is 4.42. The largest absolute Gasteiger partial charge is 0.326 e. The van der Waals surface area contributed by atoms with Gasteiger partial charge in [-0.1, -0.05) is 12.1 Å². The standard InChI is InChI=1S/C16H15N3O/c1-19(15-8-4-13(11-18)5-9-15)16(20)14-6-2-12(10-17)3-7-14/h2-9H,10,17H2,1H3. The third-order valence-electron chi connectivity index (χ3n) is 3.12. The van der Waals surface area contributed by atoms with E-state index in [9.17, 15) is 4.79 Å². The Morgan fingerprint density at radius 1 is 1.15 bits per heavy atom. The Labute approximate surface area is 118 Å². The van der Waals surface area contributed by atoms with Crippen LogP contribution in [0.4, 0.5) is 5.69 Å². The van der Waals surface area contributed by atoms with Gasteiger partial charge in [0.15, 0.2) is 0 Å². The van der Waals surface area contributed by atoms with E-state index in [1.54, 1.807) is 48.3 Å². The number of hydrogen-bond donors (Lipinski definition) is 1. The van der Waals surface area contributed by atoms with Crippen molar-refractivity contribution in [1.29, 1.82) is 5.26 Å². The molecule has 100 valence electrons. The monoisotopic (exact) mass is 265 g/mol. The first-order valence-corrected chi connectivity index (χ1v) is 6.23. The molecule has 0 saturated carbocycles. The molecule has 2 N–H and O–H groups in total. The average Bonchev–Trinajstić information content (AvgIpc) is 2.53. The Bertz CT molecular complexity index is 639. The van der Waals surface area contributed by atoms with Gasteiger partial charge in [0.2, 0.25) is 0 Å². The van der Waals surface area contributed by atoms with Gasteiger partial charge in [-0.2, -0.15) is 5.26 Å². The molecule has 0 saturated heterocycles. The molecule has 2 aromatic rings. The maximum atomic E-state index is 12.3. The third-order valence-corrected chi connectivity index (χ3v) is 3.12. The molecule has 0 aliphatic heterocycles. The highest BCUT2D eigenvalue weighted by atomic mass is 16.2. The van der Waals surface area contributed by atoms with Crippen molar-refractivity contribution in [3.05, 3.63) is 65.2 Å². The van der Waals surface area contributed by atoms with Crippen LogP contribution in [0.1, 0.15) is 21.5 Å². The van der Waals surface area contributed by atoms with Gasteiger partial charge in [0.1, 0.15) is 0 Å². The van der Waals surface area contributed by atoms with E-state index in [0.29, 0.717) is 17.7 Å². The normalized spacial score (nSPS) is 9.85. The van der Waals surface area contributed by atoms with Crippen LogP contribution in [0.3, 0.4) is 0 Å². The van der Waals surface area contributed by atoms with Gasteiger partial charge < -0.3 is 10.6 Å². The van der Waals surface area contributed by atoms with Gasteiger partial charge >= 0.3 is 0 Å². The fraction of sp³-hybridized carbons (Fsp3) is 0.125. The predicted molar refractivity (Wildman–Crippen MR) is 78.2 cm³/mol. The van der Waals surface area contributed by atoms with Gasteiger partial charge in [0, 0.05) is 24.8 Å². The Balaban J connectivity index is 2.20. The Morgan fingerprint density at radius 3 is 2.25 bits per heavy atom. The minimum absolute atomic E-state index is 0.0988. The summed E-state index contributed by atoms with van der Waals surface area (Å²) in [5.41, 5.74) is 8.44. The van der Waals surface area contributed by atoms with E-state index >= 15 is 0 Å². The van der Waals surface area contributed by atoms with Gasteiger partial charge in [-0.15, -0.1) is 0 Å². The molecule has 0 aliphatic rings. The van der Waals surface area contributed by atoms with Gasteiger partial charge in [0.25, 0.3) is 5.91 Å². The summed E-state index contributed by atoms with van der Waals surface area (Å²) in [5, 5.41) is 8.76. The molecule has 4 heteroatoms. The molecule has 0 atom stereocenters. The molecule has 2 aromatic carbocycles. The van der Waals surface area contributed by atoms with Crippen LogP contribution in [-0.2, 0) is 6.54 Å². The number of rotatable bonds is 3. The molecular formula is C16H15N3O. The predicted octanol–water partition coefficient (Wildman–Crippen LogP) is 2.29. The number of nitriles is 1. The molecule has 2 rings (SSSR count). The topological polar surface area (TPSA) is 70.1 Å². The van der Waals surface area contributed by atoms with Gasteiger partial charge in [-0.05, 0) is 42.0 Å². The fourth-order valence-electron chi connectivity index (χ4n) is 1.85. The van der Waals surface area contributed by atoms with E-state index in [1.165, 1.54) is 0 Å². The summed E-state index contributed by atoms with van der Waals surface area (Å²) in [6.07, 6.45) is 0. The van der Waals surface area contributed by atoms with Crippen molar-refractivity contribution >= 4 is 11.6 Å². The Hall–Kier alpha value is -2.64. The third kappa shape index (κ3) is 2.85. The number of nitrogens with zero attached hydrogens (tertiary/aromatic N) is 2. The number of carbonyl (C=O) groups excluding carboxylic acids is 1. The van der Waals surface area contributed by atoms with Crippen LogP contribution in [0.5, 0.6) is 0 Å². The van der Waals surface area contributed by atoms with E-state index in [0.717, 1.165) is 11.3 Å². The molecule has 0 aliphatic carbocycles. The van der Waals surface area contributed by atoms with Crippen molar-refractivity contribution < 1.29 is 4.79 Å². The number of anilines is 1. The van der Waals surface area contributed by atoms with E-state index in [1.807, 2.05) is 12.1 Å². The first-order chi connectivity index (χ1) is 9.65. The van der Waals surface area contributed by atoms with Crippen molar-refractivity contribution in [3.63, 3.8) is 0 Å². The molecule has 20 heavy (non-hydrogen) atoms. The average molecular weight is 265 g/mol. The summed E-state index contributed by atoms with van der Waals surface area (Å²) in [7, 11) is 1.71. The van der Waals surface area contributed by atoms with Gasteiger partial charge in [-0.25, -0.2) is 0 Å². The highest BCUT2D eigenvalue weighted by Gasteiger charge is 2.13. The molecule has 0 spiro atoms. The second-order valence-corrected chi connectivity index (χ2v) is 4.42. The lowest BCUT2D eigenvalue weighted by Gasteiger charge is -2.17. The van der Waals surface area contributed by atoms with Crippen LogP contribution >= 0.6 is 0 Å². The molecule has 0 fully saturated rings. The van der Waals surface area contributed by atoms with Crippen molar-refractivity contribution in [3.8, 4) is 6.07 Å². The van der Waals surface area contributed by atoms with Crippen LogP contribution in [0, 0.1) is 11.3 Å². The number of benzene rings is 2. The highest BCUT2D eigenvalue weighted by Crippen LogP contribution is 2.16. The minimum Gasteiger partial charge on any atom is -0.326 e. The lowest BCUT2D eigenvalue weighted by molar-refractivity contribution is 0.0993. The molecule has 0 bridgehead atoms. The summed E-state index contributed by atoms with van der Waals surface area (Å²) < 4.78 is 0. The summed E-state index contributed by atoms with van der Waals surface area (Å²) >= 11 is 0. The zero-order chi connectivity index (χ0) is 14.5. The van der Waals surface area contributed by atoms with Crippen LogP contribution in [-0.4, -0.2) is 13.0 Å². The molecule has 0 aromatic heterocycles. The van der Waals surface area contributed by atoms with Crippen molar-refractivity contribution in [2.24, 2.45) is 5.73 Å². The van der Waals surface area contributed by atoms with Crippen molar-refractivity contribution in [1.82, 2.24) is 0 Å². The van der Waals surface area contributed by atoms with Crippen LogP contribution in [0.25, 0.3) is 0 Å². The maximum absolute atomic E-state index is 12.3. The van der Waals surface area contributed by atoms with E-state index in [4.69, 9.17) is 11.0 Å². The molecular weight excluding hydrogens is 250 g/mol. The molecule has 4 nitrogen and oxygen atoms in total. The molecule has 0 heterocycles. The van der Waals surface area contributed by atoms with Gasteiger partial charge in [-0.3, -0.25) is 4.79 Å². The number of carbonyl (C=O) groups is 1. The quantitative estimate of drug-likeness (QED) is 0.925. The lowest BCUT2D eigenvalue weighted by atomic mass is 10.1. The number of amides is 1. The van der Waals surface area contributed by atoms with Crippen LogP contribution in [0.15, 0.2) is 48.5 Å². The van der Waals surface area contributed by atoms with Crippen LogP contribution in [0.2, 0.25) is 0 Å². The smallest absolute Gasteiger partial charge is 0.258 e. The molecule has 1 amide bonds. The van der Waals surface area contributed by atoms with E-state index < -0.39 is 0 Å². The first kappa shape index (κ1) is 13.8. The Morgan fingerprint density at radius 2 is 1.75 bits per heavy atom. The SMILES string of the molecule is CN(C(=O)c1ccc(CN)cc1)c1ccc(C#N)cc1. The second kappa shape index (κ2) is 6.00. The Kier molecular flexibility index (Phi) is 4.14. The van der Waals surface area contributed by atoms with Crippen molar-refractivity contribution in [2.45, 2.75) is 6.54 Å². The minimum atomic E-state index is -0.0988. The van der Waals surface area contributed by atoms with E-state index in [2.05, 4.69) is 6.07 Å². The van der Waals surface area contributed by atoms with Crippen LogP contribution < -0.4 is 10.6 Å². The van der Waals surface area contributed by atoms with Gasteiger partial charge in [0.05, 0.1) is 11.6 Å². The van der Waals surface area contributed by atoms with E-state index in [-0.39, 0.29) is 5.91 Å². The van der Waals surface area contributed by atoms with Crippen molar-refractivity contribution in [2.75, 3.05) is 11.9 Å². The molecule has 0 unspecified atom stereocenters. The summed E-state index contributed by atoms with van der Waals surface area (Å²) in [5.74, 6) is -0.0988. The number of nitrogens with two attached hydrogens (primary N) is 1. The summed E-state index contributed by atoms with van der Waals surface area (Å²) in [6.45, 7) is 0.458. The summed E-state index contributed by atoms with van der Waals surface area (Å²) in [6, 6.07) is 16.2. The highest BCUT2D eigenvalue weighted by molar-refractivity contribution is 6.05. The fourth-order valence-corrected chi connectivity index (χ4v) is 1.85. The lowest BCUT2D eigenvalue weighted by Crippen LogP contribution is -2.26. The zero-order valence-corrected chi connectivity index (χ0v) is 11.2. The number of hydrogen-bond acceptors (Lipinski definition) is 3. The summed E-state index contributed by atoms with van der Waals surface area (Å²) in [4.78, 5) is 13.9. The molecule has 0 radical (unpaired) electrons.